The third-order valence-electron chi connectivity index (χ3n) is 2.48. The Kier molecular flexibility index (Phi) is 3.69. The van der Waals surface area contributed by atoms with Crippen molar-refractivity contribution in [2.75, 3.05) is 0 Å². The van der Waals surface area contributed by atoms with Crippen LogP contribution in [0.1, 0.15) is 39.7 Å². The summed E-state index contributed by atoms with van der Waals surface area (Å²) in [6.07, 6.45) is 4.55. The molecule has 3 heteroatoms. The number of ether oxygens (including phenoxy) is 1. The van der Waals surface area contributed by atoms with Gasteiger partial charge in [-0.1, -0.05) is 6.92 Å². The summed E-state index contributed by atoms with van der Waals surface area (Å²) >= 11 is 0. The summed E-state index contributed by atoms with van der Waals surface area (Å²) in [6.45, 7) is 8.06. The van der Waals surface area contributed by atoms with Gasteiger partial charge in [0.2, 0.25) is 0 Å². The molecule has 1 aromatic rings. The van der Waals surface area contributed by atoms with E-state index in [-0.39, 0.29) is 11.6 Å². The van der Waals surface area contributed by atoms with E-state index >= 15 is 0 Å². The minimum atomic E-state index is -0.330. The Bertz CT molecular complexity index is 321. The maximum Gasteiger partial charge on any atom is 0.138 e. The van der Waals surface area contributed by atoms with Crippen LogP contribution in [0.5, 0.6) is 5.75 Å². The van der Waals surface area contributed by atoms with Crippen molar-refractivity contribution in [2.24, 2.45) is 5.73 Å². The molecule has 0 radical (unpaired) electrons. The largest absolute Gasteiger partial charge is 0.489 e. The number of nitrogens with zero attached hydrogens (tertiary/aromatic N) is 1. The standard InChI is InChI=1S/C12H20N2O/c1-5-12(4,13)10-6-11(8-14-7-10)15-9(2)3/h6-9H,5,13H2,1-4H3. The van der Waals surface area contributed by atoms with Crippen LogP contribution in [0.3, 0.4) is 0 Å². The number of nitrogens with two attached hydrogens (primary N) is 1. The second-order valence-electron chi connectivity index (χ2n) is 4.35. The lowest BCUT2D eigenvalue weighted by Gasteiger charge is -2.23. The smallest absolute Gasteiger partial charge is 0.138 e. The highest BCUT2D eigenvalue weighted by atomic mass is 16.5. The van der Waals surface area contributed by atoms with Crippen LogP contribution in [0.25, 0.3) is 0 Å². The number of pyridine rings is 1. The molecular weight excluding hydrogens is 188 g/mol. The molecule has 0 amide bonds. The SMILES string of the molecule is CCC(C)(N)c1cncc(OC(C)C)c1. The Morgan fingerprint density at radius 1 is 1.47 bits per heavy atom. The molecule has 3 nitrogen and oxygen atoms in total. The van der Waals surface area contributed by atoms with Crippen LogP contribution in [0, 0.1) is 0 Å². The predicted molar refractivity (Wildman–Crippen MR) is 61.8 cm³/mol. The first kappa shape index (κ1) is 12.0. The van der Waals surface area contributed by atoms with Crippen molar-refractivity contribution in [1.82, 2.24) is 4.98 Å². The van der Waals surface area contributed by atoms with Gasteiger partial charge in [-0.25, -0.2) is 0 Å². The lowest BCUT2D eigenvalue weighted by atomic mass is 9.92. The van der Waals surface area contributed by atoms with Crippen LogP contribution in [-0.2, 0) is 5.54 Å². The van der Waals surface area contributed by atoms with E-state index in [9.17, 15) is 0 Å². The molecule has 15 heavy (non-hydrogen) atoms. The van der Waals surface area contributed by atoms with Crippen LogP contribution in [-0.4, -0.2) is 11.1 Å². The fraction of sp³-hybridized carbons (Fsp3) is 0.583. The van der Waals surface area contributed by atoms with Crippen LogP contribution >= 0.6 is 0 Å². The van der Waals surface area contributed by atoms with E-state index in [1.165, 1.54) is 0 Å². The summed E-state index contributed by atoms with van der Waals surface area (Å²) in [4.78, 5) is 4.15. The molecule has 0 aromatic carbocycles. The molecule has 1 heterocycles. The summed E-state index contributed by atoms with van der Waals surface area (Å²) in [7, 11) is 0. The van der Waals surface area contributed by atoms with E-state index in [0.717, 1.165) is 17.7 Å². The van der Waals surface area contributed by atoms with Crippen molar-refractivity contribution in [2.45, 2.75) is 45.8 Å². The van der Waals surface area contributed by atoms with Crippen LogP contribution in [0.4, 0.5) is 0 Å². The first-order chi connectivity index (χ1) is 6.95. The molecule has 0 saturated carbocycles. The third-order valence-corrected chi connectivity index (χ3v) is 2.48. The third kappa shape index (κ3) is 3.20. The topological polar surface area (TPSA) is 48.1 Å². The molecule has 0 fully saturated rings. The molecule has 0 aliphatic heterocycles. The van der Waals surface area contributed by atoms with Gasteiger partial charge < -0.3 is 10.5 Å². The highest BCUT2D eigenvalue weighted by molar-refractivity contribution is 5.28. The van der Waals surface area contributed by atoms with Crippen molar-refractivity contribution in [1.29, 1.82) is 0 Å². The van der Waals surface area contributed by atoms with Gasteiger partial charge in [0.1, 0.15) is 5.75 Å². The average Bonchev–Trinajstić information content (AvgIpc) is 2.17. The van der Waals surface area contributed by atoms with E-state index < -0.39 is 0 Å². The molecule has 1 atom stereocenters. The van der Waals surface area contributed by atoms with Crippen LogP contribution < -0.4 is 10.5 Å². The van der Waals surface area contributed by atoms with Crippen LogP contribution in [0.15, 0.2) is 18.5 Å². The van der Waals surface area contributed by atoms with Gasteiger partial charge in [-0.15, -0.1) is 0 Å². The molecular formula is C12H20N2O. The Balaban J connectivity index is 2.92. The highest BCUT2D eigenvalue weighted by Crippen LogP contribution is 2.24. The minimum absolute atomic E-state index is 0.160. The summed E-state index contributed by atoms with van der Waals surface area (Å²) in [5.74, 6) is 0.785. The van der Waals surface area contributed by atoms with Gasteiger partial charge in [0.05, 0.1) is 12.3 Å². The Morgan fingerprint density at radius 3 is 2.67 bits per heavy atom. The molecule has 0 bridgehead atoms. The summed E-state index contributed by atoms with van der Waals surface area (Å²) in [5, 5.41) is 0. The summed E-state index contributed by atoms with van der Waals surface area (Å²) < 4.78 is 5.58. The number of aromatic nitrogens is 1. The van der Waals surface area contributed by atoms with Crippen LogP contribution in [0.2, 0.25) is 0 Å². The first-order valence-corrected chi connectivity index (χ1v) is 5.36. The normalized spacial score (nSPS) is 15.1. The highest BCUT2D eigenvalue weighted by Gasteiger charge is 2.19. The lowest BCUT2D eigenvalue weighted by Crippen LogP contribution is -2.32. The summed E-state index contributed by atoms with van der Waals surface area (Å²) in [6, 6.07) is 1.97. The van der Waals surface area contributed by atoms with E-state index in [2.05, 4.69) is 11.9 Å². The van der Waals surface area contributed by atoms with Gasteiger partial charge in [0, 0.05) is 11.7 Å². The van der Waals surface area contributed by atoms with E-state index in [1.54, 1.807) is 12.4 Å². The molecule has 0 saturated heterocycles. The molecule has 1 rings (SSSR count). The van der Waals surface area contributed by atoms with Crippen molar-refractivity contribution in [3.63, 3.8) is 0 Å². The Morgan fingerprint density at radius 2 is 2.13 bits per heavy atom. The van der Waals surface area contributed by atoms with Crippen molar-refractivity contribution in [3.05, 3.63) is 24.0 Å². The van der Waals surface area contributed by atoms with Crippen molar-refractivity contribution < 1.29 is 4.74 Å². The number of hydrogen-bond donors (Lipinski definition) is 1. The Hall–Kier alpha value is -1.09. The second-order valence-corrected chi connectivity index (χ2v) is 4.35. The van der Waals surface area contributed by atoms with E-state index in [4.69, 9.17) is 10.5 Å². The molecule has 84 valence electrons. The molecule has 0 spiro atoms. The van der Waals surface area contributed by atoms with E-state index in [0.29, 0.717) is 0 Å². The zero-order valence-corrected chi connectivity index (χ0v) is 9.95. The van der Waals surface area contributed by atoms with Gasteiger partial charge in [-0.3, -0.25) is 4.98 Å². The molecule has 0 aliphatic rings. The molecule has 2 N–H and O–H groups in total. The minimum Gasteiger partial charge on any atom is -0.489 e. The van der Waals surface area contributed by atoms with Gasteiger partial charge in [-0.2, -0.15) is 0 Å². The zero-order valence-electron chi connectivity index (χ0n) is 9.95. The fourth-order valence-corrected chi connectivity index (χ4v) is 1.27. The number of rotatable bonds is 4. The lowest BCUT2D eigenvalue weighted by molar-refractivity contribution is 0.240. The van der Waals surface area contributed by atoms with Gasteiger partial charge in [-0.05, 0) is 38.8 Å². The van der Waals surface area contributed by atoms with Gasteiger partial charge in [0.25, 0.3) is 0 Å². The quantitative estimate of drug-likeness (QED) is 0.826. The predicted octanol–water partition coefficient (Wildman–Crippen LogP) is 2.45. The Labute approximate surface area is 91.7 Å². The van der Waals surface area contributed by atoms with E-state index in [1.807, 2.05) is 26.8 Å². The monoisotopic (exact) mass is 208 g/mol. The maximum atomic E-state index is 6.14. The second kappa shape index (κ2) is 4.62. The first-order valence-electron chi connectivity index (χ1n) is 5.36. The molecule has 1 aromatic heterocycles. The molecule has 1 unspecified atom stereocenters. The van der Waals surface area contributed by atoms with Gasteiger partial charge in [0.15, 0.2) is 0 Å². The molecule has 0 aliphatic carbocycles. The maximum absolute atomic E-state index is 6.14. The summed E-state index contributed by atoms with van der Waals surface area (Å²) in [5.41, 5.74) is 6.83. The fourth-order valence-electron chi connectivity index (χ4n) is 1.27. The average molecular weight is 208 g/mol. The zero-order chi connectivity index (χ0) is 11.5. The number of hydrogen-bond acceptors (Lipinski definition) is 3. The van der Waals surface area contributed by atoms with Crippen molar-refractivity contribution in [3.8, 4) is 5.75 Å². The van der Waals surface area contributed by atoms with Gasteiger partial charge >= 0.3 is 0 Å². The van der Waals surface area contributed by atoms with Crippen molar-refractivity contribution >= 4 is 0 Å².